The van der Waals surface area contributed by atoms with Crippen LogP contribution in [0.2, 0.25) is 0 Å². The van der Waals surface area contributed by atoms with Gasteiger partial charge in [-0.2, -0.15) is 15.2 Å². The Hall–Kier alpha value is -2.90. The van der Waals surface area contributed by atoms with E-state index in [4.69, 9.17) is 9.47 Å². The van der Waals surface area contributed by atoms with Gasteiger partial charge in [0.25, 0.3) is 0 Å². The van der Waals surface area contributed by atoms with Crippen molar-refractivity contribution in [2.24, 2.45) is 5.10 Å². The molecule has 0 saturated carbocycles. The minimum Gasteiger partial charge on any atom is -0.493 e. The second kappa shape index (κ2) is 7.78. The van der Waals surface area contributed by atoms with Crippen LogP contribution < -0.4 is 20.6 Å². The number of nitrogens with one attached hydrogen (secondary N) is 2. The van der Waals surface area contributed by atoms with Crippen molar-refractivity contribution in [2.45, 2.75) is 33.1 Å². The highest BCUT2D eigenvalue weighted by atomic mass is 16.5. The van der Waals surface area contributed by atoms with Gasteiger partial charge in [0.1, 0.15) is 5.69 Å². The first-order valence-electron chi connectivity index (χ1n) is 7.93. The fraction of sp³-hybridized carbons (Fsp3) is 0.412. The Bertz CT molecular complexity index is 809. The van der Waals surface area contributed by atoms with E-state index in [9.17, 15) is 4.79 Å². The topological polar surface area (TPSA) is 101 Å². The number of rotatable bonds is 6. The van der Waals surface area contributed by atoms with Gasteiger partial charge in [-0.1, -0.05) is 26.8 Å². The molecule has 0 spiro atoms. The number of nitrogens with zero attached hydrogens (tertiary/aromatic N) is 3. The van der Waals surface area contributed by atoms with Gasteiger partial charge in [-0.15, -0.1) is 0 Å². The molecule has 0 aliphatic rings. The summed E-state index contributed by atoms with van der Waals surface area (Å²) in [4.78, 5) is 15.4. The Morgan fingerprint density at radius 3 is 2.76 bits per heavy atom. The summed E-state index contributed by atoms with van der Waals surface area (Å²) in [6.07, 6.45) is 1.59. The summed E-state index contributed by atoms with van der Waals surface area (Å²) < 4.78 is 10.9. The number of ether oxygens (including phenoxy) is 2. The van der Waals surface area contributed by atoms with Gasteiger partial charge < -0.3 is 9.47 Å². The Balaban J connectivity index is 2.31. The number of methoxy groups -OCH3 is 1. The Labute approximate surface area is 146 Å². The minimum atomic E-state index is -0.540. The molecule has 0 radical (unpaired) electrons. The van der Waals surface area contributed by atoms with Gasteiger partial charge in [0.05, 0.1) is 19.9 Å². The summed E-state index contributed by atoms with van der Waals surface area (Å²) in [5, 5.41) is 10.6. The molecule has 8 heteroatoms. The summed E-state index contributed by atoms with van der Waals surface area (Å²) in [6.45, 7) is 8.31. The molecule has 2 aromatic rings. The number of para-hydroxylation sites is 1. The zero-order chi connectivity index (χ0) is 18.4. The Kier molecular flexibility index (Phi) is 5.74. The lowest BCUT2D eigenvalue weighted by atomic mass is 9.92. The van der Waals surface area contributed by atoms with E-state index in [0.717, 1.165) is 5.56 Å². The summed E-state index contributed by atoms with van der Waals surface area (Å²) >= 11 is 0. The van der Waals surface area contributed by atoms with Gasteiger partial charge in [0.15, 0.2) is 17.3 Å². The first kappa shape index (κ1) is 18.4. The third-order valence-electron chi connectivity index (χ3n) is 3.30. The third kappa shape index (κ3) is 4.56. The van der Waals surface area contributed by atoms with Crippen molar-refractivity contribution >= 4 is 12.0 Å². The van der Waals surface area contributed by atoms with Crippen LogP contribution in [0.3, 0.4) is 0 Å². The van der Waals surface area contributed by atoms with E-state index < -0.39 is 5.69 Å². The Morgan fingerprint density at radius 1 is 1.36 bits per heavy atom. The molecule has 0 atom stereocenters. The standard InChI is InChI=1S/C17H23N5O3/c1-6-25-13-11(8-7-9-12(13)24-5)10-18-21-15-14(17(2,3)4)20-22-16(23)19-15/h7-10H,6H2,1-5H3,(H2,19,21,22,23)/b18-10+. The molecule has 2 rings (SSSR count). The minimum absolute atomic E-state index is 0.304. The predicted molar refractivity (Wildman–Crippen MR) is 96.7 cm³/mol. The smallest absolute Gasteiger partial charge is 0.363 e. The summed E-state index contributed by atoms with van der Waals surface area (Å²) in [5.74, 6) is 1.54. The predicted octanol–water partition coefficient (Wildman–Crippen LogP) is 2.32. The number of anilines is 1. The number of hydrogen-bond donors (Lipinski definition) is 2. The molecular formula is C17H23N5O3. The molecule has 0 aliphatic heterocycles. The maximum Gasteiger partial charge on any atom is 0.363 e. The largest absolute Gasteiger partial charge is 0.493 e. The number of benzene rings is 1. The van der Waals surface area contributed by atoms with Crippen LogP contribution in [-0.4, -0.2) is 35.1 Å². The van der Waals surface area contributed by atoms with E-state index in [1.165, 1.54) is 0 Å². The molecule has 0 unspecified atom stereocenters. The molecule has 0 bridgehead atoms. The van der Waals surface area contributed by atoms with Crippen molar-refractivity contribution in [2.75, 3.05) is 19.1 Å². The number of hydrazone groups is 1. The van der Waals surface area contributed by atoms with Gasteiger partial charge in [0.2, 0.25) is 0 Å². The third-order valence-corrected chi connectivity index (χ3v) is 3.30. The lowest BCUT2D eigenvalue weighted by Gasteiger charge is -2.18. The highest BCUT2D eigenvalue weighted by Gasteiger charge is 2.21. The van der Waals surface area contributed by atoms with E-state index >= 15 is 0 Å². The van der Waals surface area contributed by atoms with E-state index in [2.05, 4.69) is 25.7 Å². The molecular weight excluding hydrogens is 322 g/mol. The highest BCUT2D eigenvalue weighted by Crippen LogP contribution is 2.30. The normalized spacial score (nSPS) is 11.6. The molecule has 134 valence electrons. The average Bonchev–Trinajstić information content (AvgIpc) is 2.55. The monoisotopic (exact) mass is 345 g/mol. The van der Waals surface area contributed by atoms with Crippen LogP contribution >= 0.6 is 0 Å². The van der Waals surface area contributed by atoms with E-state index in [1.54, 1.807) is 13.3 Å². The number of H-pyrrole nitrogens is 1. The second-order valence-corrected chi connectivity index (χ2v) is 6.27. The maximum absolute atomic E-state index is 11.5. The van der Waals surface area contributed by atoms with Crippen LogP contribution in [0.4, 0.5) is 5.82 Å². The van der Waals surface area contributed by atoms with Crippen molar-refractivity contribution in [1.29, 1.82) is 0 Å². The molecule has 1 heterocycles. The summed E-state index contributed by atoms with van der Waals surface area (Å²) in [7, 11) is 1.58. The van der Waals surface area contributed by atoms with Crippen molar-refractivity contribution in [1.82, 2.24) is 15.2 Å². The molecule has 0 saturated heterocycles. The van der Waals surface area contributed by atoms with Crippen molar-refractivity contribution in [3.8, 4) is 11.5 Å². The van der Waals surface area contributed by atoms with Gasteiger partial charge >= 0.3 is 5.69 Å². The lowest BCUT2D eigenvalue weighted by Crippen LogP contribution is -2.24. The summed E-state index contributed by atoms with van der Waals surface area (Å²) in [5.41, 5.74) is 3.30. The summed E-state index contributed by atoms with van der Waals surface area (Å²) in [6, 6.07) is 5.51. The van der Waals surface area contributed by atoms with Crippen LogP contribution in [0.1, 0.15) is 39.0 Å². The van der Waals surface area contributed by atoms with Crippen LogP contribution in [0.25, 0.3) is 0 Å². The average molecular weight is 345 g/mol. The first-order chi connectivity index (χ1) is 11.9. The van der Waals surface area contributed by atoms with E-state index in [0.29, 0.717) is 29.6 Å². The van der Waals surface area contributed by atoms with Crippen LogP contribution in [0.15, 0.2) is 28.1 Å². The number of hydrogen-bond acceptors (Lipinski definition) is 7. The second-order valence-electron chi connectivity index (χ2n) is 6.27. The highest BCUT2D eigenvalue weighted by molar-refractivity contribution is 5.85. The van der Waals surface area contributed by atoms with E-state index in [-0.39, 0.29) is 5.41 Å². The van der Waals surface area contributed by atoms with Crippen LogP contribution in [0, 0.1) is 0 Å². The fourth-order valence-electron chi connectivity index (χ4n) is 2.19. The first-order valence-corrected chi connectivity index (χ1v) is 7.93. The van der Waals surface area contributed by atoms with Gasteiger partial charge in [-0.25, -0.2) is 9.89 Å². The SMILES string of the molecule is CCOc1c(/C=N/Nc2nc(=O)[nH]nc2C(C)(C)C)cccc1OC. The zero-order valence-electron chi connectivity index (χ0n) is 15.1. The van der Waals surface area contributed by atoms with Gasteiger partial charge in [-0.3, -0.25) is 5.43 Å². The molecule has 1 aromatic carbocycles. The quantitative estimate of drug-likeness (QED) is 0.615. The molecule has 0 amide bonds. The number of aromatic amines is 1. The molecule has 8 nitrogen and oxygen atoms in total. The zero-order valence-corrected chi connectivity index (χ0v) is 15.1. The van der Waals surface area contributed by atoms with Crippen molar-refractivity contribution < 1.29 is 9.47 Å². The maximum atomic E-state index is 11.5. The molecule has 0 fully saturated rings. The van der Waals surface area contributed by atoms with Gasteiger partial charge in [-0.05, 0) is 19.1 Å². The fourth-order valence-corrected chi connectivity index (χ4v) is 2.19. The molecule has 2 N–H and O–H groups in total. The van der Waals surface area contributed by atoms with Crippen molar-refractivity contribution in [3.05, 3.63) is 39.9 Å². The van der Waals surface area contributed by atoms with E-state index in [1.807, 2.05) is 45.9 Å². The Morgan fingerprint density at radius 2 is 2.12 bits per heavy atom. The molecule has 25 heavy (non-hydrogen) atoms. The van der Waals surface area contributed by atoms with Crippen molar-refractivity contribution in [3.63, 3.8) is 0 Å². The molecule has 1 aromatic heterocycles. The van der Waals surface area contributed by atoms with Crippen LogP contribution in [0.5, 0.6) is 11.5 Å². The van der Waals surface area contributed by atoms with Gasteiger partial charge in [0, 0.05) is 11.0 Å². The van der Waals surface area contributed by atoms with Crippen LogP contribution in [-0.2, 0) is 5.41 Å². The number of aromatic nitrogens is 3. The lowest BCUT2D eigenvalue weighted by molar-refractivity contribution is 0.310. The molecule has 0 aliphatic carbocycles.